The second kappa shape index (κ2) is 12.7. The van der Waals surface area contributed by atoms with Crippen LogP contribution in [0, 0.1) is 6.92 Å². The molecule has 9 heteroatoms. The van der Waals surface area contributed by atoms with Crippen molar-refractivity contribution in [2.24, 2.45) is 5.73 Å². The number of carboxylic acid groups (broad SMARTS) is 1. The van der Waals surface area contributed by atoms with Crippen molar-refractivity contribution in [1.29, 1.82) is 0 Å². The summed E-state index contributed by atoms with van der Waals surface area (Å²) in [7, 11) is 0. The third-order valence-corrected chi connectivity index (χ3v) is 2.45. The van der Waals surface area contributed by atoms with Gasteiger partial charge in [-0.25, -0.2) is 8.78 Å². The van der Waals surface area contributed by atoms with E-state index in [9.17, 15) is 13.6 Å². The summed E-state index contributed by atoms with van der Waals surface area (Å²) in [5.74, 6) is -1.39. The molecule has 21 heavy (non-hydrogen) atoms. The molecule has 7 nitrogen and oxygen atoms in total. The highest BCUT2D eigenvalue weighted by atomic mass is 19.3. The number of carboxylic acids is 1. The summed E-state index contributed by atoms with van der Waals surface area (Å²) < 4.78 is 27.6. The number of aliphatic hydroxyl groups is 3. The number of rotatable bonds is 4. The molecule has 0 radical (unpaired) electrons. The number of carbonyl (C=O) groups is 1. The normalized spacial score (nSPS) is 26.0. The van der Waals surface area contributed by atoms with Gasteiger partial charge >= 0.3 is 5.97 Å². The SMILES string of the molecule is N[C@H](CC(F)F)C(=O)O.OC[C@H]1OCC[C@@H](O)C1O.[CH2+]C. The van der Waals surface area contributed by atoms with E-state index in [0.29, 0.717) is 13.0 Å². The first kappa shape index (κ1) is 22.3. The van der Waals surface area contributed by atoms with E-state index in [1.54, 1.807) is 6.92 Å². The molecule has 0 aliphatic carbocycles. The fraction of sp³-hybridized carbons (Fsp3) is 0.833. The predicted octanol–water partition coefficient (Wildman–Crippen LogP) is -0.617. The first-order valence-electron chi connectivity index (χ1n) is 6.35. The maximum Gasteiger partial charge on any atom is 0.320 e. The van der Waals surface area contributed by atoms with Crippen LogP contribution in [0.2, 0.25) is 0 Å². The molecular weight excluding hydrogens is 292 g/mol. The zero-order valence-electron chi connectivity index (χ0n) is 11.9. The average Bonchev–Trinajstić information content (AvgIpc) is 2.44. The minimum absolute atomic E-state index is 0.238. The maximum absolute atomic E-state index is 11.3. The van der Waals surface area contributed by atoms with Gasteiger partial charge in [-0.05, 0) is 6.42 Å². The van der Waals surface area contributed by atoms with E-state index in [1.807, 2.05) is 0 Å². The molecule has 1 fully saturated rings. The van der Waals surface area contributed by atoms with E-state index in [-0.39, 0.29) is 6.61 Å². The molecule has 1 heterocycles. The molecular formula is C12H24F2NO6+. The van der Waals surface area contributed by atoms with Crippen LogP contribution in [-0.2, 0) is 9.53 Å². The van der Waals surface area contributed by atoms with Gasteiger partial charge in [0.1, 0.15) is 18.2 Å². The maximum atomic E-state index is 11.3. The van der Waals surface area contributed by atoms with Crippen molar-refractivity contribution < 1.29 is 38.7 Å². The van der Waals surface area contributed by atoms with Crippen molar-refractivity contribution in [2.75, 3.05) is 13.2 Å². The number of alkyl halides is 2. The van der Waals surface area contributed by atoms with Crippen LogP contribution in [0.4, 0.5) is 8.78 Å². The highest BCUT2D eigenvalue weighted by Gasteiger charge is 2.30. The number of halogens is 2. The van der Waals surface area contributed by atoms with Crippen molar-refractivity contribution >= 4 is 5.97 Å². The monoisotopic (exact) mass is 316 g/mol. The van der Waals surface area contributed by atoms with Crippen LogP contribution in [0.5, 0.6) is 0 Å². The van der Waals surface area contributed by atoms with Gasteiger partial charge in [0.05, 0.1) is 26.6 Å². The van der Waals surface area contributed by atoms with Crippen LogP contribution in [-0.4, -0.2) is 70.4 Å². The summed E-state index contributed by atoms with van der Waals surface area (Å²) >= 11 is 0. The topological polar surface area (TPSA) is 133 Å². The summed E-state index contributed by atoms with van der Waals surface area (Å²) in [6.45, 7) is 5.17. The zero-order valence-corrected chi connectivity index (χ0v) is 11.9. The van der Waals surface area contributed by atoms with Crippen molar-refractivity contribution in [1.82, 2.24) is 0 Å². The molecule has 6 N–H and O–H groups in total. The smallest absolute Gasteiger partial charge is 0.320 e. The molecule has 0 bridgehead atoms. The van der Waals surface area contributed by atoms with Gasteiger partial charge in [-0.1, -0.05) is 0 Å². The highest BCUT2D eigenvalue weighted by Crippen LogP contribution is 2.13. The van der Waals surface area contributed by atoms with Gasteiger partial charge in [0, 0.05) is 13.0 Å². The Morgan fingerprint density at radius 3 is 2.24 bits per heavy atom. The molecule has 126 valence electrons. The molecule has 0 spiro atoms. The number of hydrogen-bond donors (Lipinski definition) is 5. The Morgan fingerprint density at radius 2 is 1.95 bits per heavy atom. The van der Waals surface area contributed by atoms with Crippen LogP contribution >= 0.6 is 0 Å². The number of ether oxygens (including phenoxy) is 1. The molecule has 1 unspecified atom stereocenters. The third kappa shape index (κ3) is 10.4. The largest absolute Gasteiger partial charge is 0.480 e. The van der Waals surface area contributed by atoms with E-state index >= 15 is 0 Å². The molecule has 4 atom stereocenters. The summed E-state index contributed by atoms with van der Waals surface area (Å²) in [5, 5.41) is 34.7. The fourth-order valence-electron chi connectivity index (χ4n) is 1.31. The van der Waals surface area contributed by atoms with Crippen molar-refractivity contribution in [3.8, 4) is 0 Å². The lowest BCUT2D eigenvalue weighted by Crippen LogP contribution is -2.46. The molecule has 0 aromatic carbocycles. The van der Waals surface area contributed by atoms with Gasteiger partial charge in [-0.15, -0.1) is 0 Å². The van der Waals surface area contributed by atoms with Gasteiger partial charge < -0.3 is 30.9 Å². The molecule has 0 saturated carbocycles. The van der Waals surface area contributed by atoms with Crippen LogP contribution in [0.3, 0.4) is 0 Å². The number of hydrogen-bond acceptors (Lipinski definition) is 6. The lowest BCUT2D eigenvalue weighted by Gasteiger charge is -2.30. The first-order valence-corrected chi connectivity index (χ1v) is 6.35. The van der Waals surface area contributed by atoms with Crippen LogP contribution in [0.25, 0.3) is 0 Å². The standard InChI is InChI=1S/C6H12O4.C4H7F2NO2.C2H5/c7-3-5-6(9)4(8)1-2-10-5;5-3(6)1-2(7)4(8)9;1-2/h4-9H,1-3H2;2-3H,1,7H2,(H,8,9);1H2,2H3/q;;+1/t4-,5-,6?;2-;/m11./s1. The molecule has 1 rings (SSSR count). The van der Waals surface area contributed by atoms with Crippen LogP contribution < -0.4 is 5.73 Å². The lowest BCUT2D eigenvalue weighted by atomic mass is 10.0. The van der Waals surface area contributed by atoms with Crippen LogP contribution in [0.1, 0.15) is 19.8 Å². The fourth-order valence-corrected chi connectivity index (χ4v) is 1.31. The van der Waals surface area contributed by atoms with Gasteiger partial charge in [-0.3, -0.25) is 4.79 Å². The Morgan fingerprint density at radius 1 is 1.43 bits per heavy atom. The van der Waals surface area contributed by atoms with Gasteiger partial charge in [0.25, 0.3) is 0 Å². The highest BCUT2D eigenvalue weighted by molar-refractivity contribution is 5.72. The van der Waals surface area contributed by atoms with E-state index in [4.69, 9.17) is 30.9 Å². The number of aliphatic hydroxyl groups excluding tert-OH is 3. The second-order valence-corrected chi connectivity index (χ2v) is 4.01. The first-order chi connectivity index (χ1) is 9.79. The third-order valence-electron chi connectivity index (χ3n) is 2.45. The van der Waals surface area contributed by atoms with E-state index in [2.05, 4.69) is 6.92 Å². The van der Waals surface area contributed by atoms with Crippen LogP contribution in [0.15, 0.2) is 0 Å². The molecule has 0 aromatic heterocycles. The zero-order chi connectivity index (χ0) is 17.0. The van der Waals surface area contributed by atoms with Gasteiger partial charge in [-0.2, -0.15) is 0 Å². The Hall–Kier alpha value is -1.00. The predicted molar refractivity (Wildman–Crippen MR) is 70.7 cm³/mol. The van der Waals surface area contributed by atoms with E-state index < -0.39 is 43.2 Å². The number of aliphatic carboxylic acids is 1. The lowest BCUT2D eigenvalue weighted by molar-refractivity contribution is -0.147. The quantitative estimate of drug-likeness (QED) is 0.437. The molecule has 1 saturated heterocycles. The Kier molecular flexibility index (Phi) is 13.5. The van der Waals surface area contributed by atoms with Crippen molar-refractivity contribution in [3.05, 3.63) is 6.92 Å². The molecule has 1 aliphatic heterocycles. The van der Waals surface area contributed by atoms with Crippen molar-refractivity contribution in [2.45, 2.75) is 50.5 Å². The Labute approximate surface area is 122 Å². The van der Waals surface area contributed by atoms with Crippen molar-refractivity contribution in [3.63, 3.8) is 0 Å². The van der Waals surface area contributed by atoms with Gasteiger partial charge in [0.2, 0.25) is 6.43 Å². The summed E-state index contributed by atoms with van der Waals surface area (Å²) in [5.41, 5.74) is 4.74. The summed E-state index contributed by atoms with van der Waals surface area (Å²) in [4.78, 5) is 9.78. The second-order valence-electron chi connectivity index (χ2n) is 4.01. The summed E-state index contributed by atoms with van der Waals surface area (Å²) in [6.07, 6.45) is -5.27. The number of nitrogens with two attached hydrogens (primary N) is 1. The van der Waals surface area contributed by atoms with E-state index in [0.717, 1.165) is 0 Å². The summed E-state index contributed by atoms with van der Waals surface area (Å²) in [6, 6.07) is -1.44. The molecule has 0 amide bonds. The average molecular weight is 316 g/mol. The minimum atomic E-state index is -2.64. The van der Waals surface area contributed by atoms with E-state index in [1.165, 1.54) is 0 Å². The Bertz CT molecular complexity index is 270. The van der Waals surface area contributed by atoms with Gasteiger partial charge in [0.15, 0.2) is 0 Å². The minimum Gasteiger partial charge on any atom is -0.480 e. The molecule has 0 aromatic rings. The Balaban J connectivity index is 0. The molecule has 1 aliphatic rings.